The molecule has 1 N–H and O–H groups in total. The van der Waals surface area contributed by atoms with Crippen molar-refractivity contribution in [2.75, 3.05) is 19.7 Å². The van der Waals surface area contributed by atoms with Crippen LogP contribution in [0.15, 0.2) is 60.7 Å². The average Bonchev–Trinajstić information content (AvgIpc) is 2.67. The van der Waals surface area contributed by atoms with Gasteiger partial charge in [0.25, 0.3) is 5.91 Å². The molecule has 0 saturated carbocycles. The summed E-state index contributed by atoms with van der Waals surface area (Å²) in [5, 5.41) is 2.70. The zero-order chi connectivity index (χ0) is 17.6. The lowest BCUT2D eigenvalue weighted by Crippen LogP contribution is -2.51. The van der Waals surface area contributed by atoms with Crippen LogP contribution in [0.3, 0.4) is 0 Å². The summed E-state index contributed by atoms with van der Waals surface area (Å²) in [6, 6.07) is 18.7. The number of benzene rings is 2. The van der Waals surface area contributed by atoms with Crippen LogP contribution in [-0.2, 0) is 9.53 Å². The first kappa shape index (κ1) is 17.2. The van der Waals surface area contributed by atoms with Crippen LogP contribution in [0.5, 0.6) is 0 Å². The highest BCUT2D eigenvalue weighted by molar-refractivity contribution is 5.96. The largest absolute Gasteiger partial charge is 0.370 e. The predicted octanol–water partition coefficient (Wildman–Crippen LogP) is 2.41. The lowest BCUT2D eigenvalue weighted by molar-refractivity contribution is -0.144. The van der Waals surface area contributed by atoms with E-state index >= 15 is 0 Å². The Bertz CT molecular complexity index is 718. The number of carbonyl (C=O) groups is 2. The molecule has 1 aliphatic rings. The fourth-order valence-electron chi connectivity index (χ4n) is 3.10. The topological polar surface area (TPSA) is 58.6 Å². The van der Waals surface area contributed by atoms with Crippen molar-refractivity contribution in [1.29, 1.82) is 0 Å². The molecule has 5 nitrogen and oxygen atoms in total. The van der Waals surface area contributed by atoms with Crippen LogP contribution in [0.25, 0.3) is 0 Å². The highest BCUT2D eigenvalue weighted by Gasteiger charge is 2.32. The van der Waals surface area contributed by atoms with E-state index in [9.17, 15) is 9.59 Å². The first-order chi connectivity index (χ1) is 12.2. The molecular weight excluding hydrogens is 316 g/mol. The van der Waals surface area contributed by atoms with E-state index in [0.717, 1.165) is 5.56 Å². The highest BCUT2D eigenvalue weighted by atomic mass is 16.5. The molecule has 1 aliphatic heterocycles. The summed E-state index contributed by atoms with van der Waals surface area (Å²) in [4.78, 5) is 26.5. The molecule has 0 aromatic heterocycles. The molecule has 2 aromatic rings. The van der Waals surface area contributed by atoms with Crippen molar-refractivity contribution in [3.05, 3.63) is 71.8 Å². The smallest absolute Gasteiger partial charge is 0.251 e. The van der Waals surface area contributed by atoms with Gasteiger partial charge in [-0.2, -0.15) is 0 Å². The molecule has 2 aromatic carbocycles. The summed E-state index contributed by atoms with van der Waals surface area (Å²) in [5.74, 6) is -0.338. The van der Waals surface area contributed by atoms with Crippen LogP contribution < -0.4 is 5.32 Å². The number of rotatable bonds is 4. The second-order valence-electron chi connectivity index (χ2n) is 6.08. The molecule has 2 amide bonds. The Kier molecular flexibility index (Phi) is 5.46. The zero-order valence-corrected chi connectivity index (χ0v) is 14.2. The van der Waals surface area contributed by atoms with E-state index < -0.39 is 0 Å². The maximum Gasteiger partial charge on any atom is 0.251 e. The summed E-state index contributed by atoms with van der Waals surface area (Å²) in [5.41, 5.74) is 1.60. The molecule has 1 heterocycles. The van der Waals surface area contributed by atoms with E-state index in [1.807, 2.05) is 43.3 Å². The molecule has 0 bridgehead atoms. The quantitative estimate of drug-likeness (QED) is 0.931. The van der Waals surface area contributed by atoms with Gasteiger partial charge in [0.2, 0.25) is 5.91 Å². The van der Waals surface area contributed by atoms with Crippen LogP contribution in [0.2, 0.25) is 0 Å². The zero-order valence-electron chi connectivity index (χ0n) is 14.2. The number of carbonyl (C=O) groups excluding carboxylic acids is 2. The normalized spacial score (nSPS) is 20.1. The van der Waals surface area contributed by atoms with Crippen LogP contribution in [0, 0.1) is 0 Å². The number of ether oxygens (including phenoxy) is 1. The molecule has 5 heteroatoms. The van der Waals surface area contributed by atoms with Gasteiger partial charge in [-0.3, -0.25) is 9.59 Å². The van der Waals surface area contributed by atoms with Crippen LogP contribution in [0.1, 0.15) is 28.9 Å². The third-order valence-electron chi connectivity index (χ3n) is 4.44. The Morgan fingerprint density at radius 3 is 2.40 bits per heavy atom. The molecule has 25 heavy (non-hydrogen) atoms. The molecule has 0 spiro atoms. The summed E-state index contributed by atoms with van der Waals surface area (Å²) in [6.07, 6.45) is -0.149. The maximum absolute atomic E-state index is 12.6. The summed E-state index contributed by atoms with van der Waals surface area (Å²) in [6.45, 7) is 2.99. The first-order valence-corrected chi connectivity index (χ1v) is 8.46. The Hall–Kier alpha value is -2.66. The van der Waals surface area contributed by atoms with Crippen molar-refractivity contribution in [2.45, 2.75) is 19.1 Å². The SMILES string of the molecule is CC1C(c2ccccc2)OCCN1C(=O)CNC(=O)c1ccccc1. The molecule has 2 unspecified atom stereocenters. The van der Waals surface area contributed by atoms with E-state index in [1.165, 1.54) is 0 Å². The number of hydrogen-bond acceptors (Lipinski definition) is 3. The van der Waals surface area contributed by atoms with Gasteiger partial charge in [-0.1, -0.05) is 48.5 Å². The number of morpholine rings is 1. The van der Waals surface area contributed by atoms with Gasteiger partial charge in [-0.25, -0.2) is 0 Å². The molecule has 130 valence electrons. The molecule has 2 atom stereocenters. The van der Waals surface area contributed by atoms with Gasteiger partial charge in [-0.15, -0.1) is 0 Å². The monoisotopic (exact) mass is 338 g/mol. The lowest BCUT2D eigenvalue weighted by Gasteiger charge is -2.39. The van der Waals surface area contributed by atoms with E-state index in [1.54, 1.807) is 29.2 Å². The minimum absolute atomic E-state index is 0.0143. The van der Waals surface area contributed by atoms with E-state index in [-0.39, 0.29) is 30.5 Å². The summed E-state index contributed by atoms with van der Waals surface area (Å²) in [7, 11) is 0. The molecule has 0 aliphatic carbocycles. The Balaban J connectivity index is 1.61. The van der Waals surface area contributed by atoms with Crippen molar-refractivity contribution < 1.29 is 14.3 Å². The van der Waals surface area contributed by atoms with Crippen LogP contribution in [0.4, 0.5) is 0 Å². The number of nitrogens with one attached hydrogen (secondary N) is 1. The Morgan fingerprint density at radius 1 is 1.08 bits per heavy atom. The van der Waals surface area contributed by atoms with Crippen molar-refractivity contribution in [1.82, 2.24) is 10.2 Å². The van der Waals surface area contributed by atoms with Gasteiger partial charge >= 0.3 is 0 Å². The van der Waals surface area contributed by atoms with Gasteiger partial charge in [0.05, 0.1) is 19.2 Å². The fraction of sp³-hybridized carbons (Fsp3) is 0.300. The predicted molar refractivity (Wildman–Crippen MR) is 95.1 cm³/mol. The lowest BCUT2D eigenvalue weighted by atomic mass is 10.0. The number of amides is 2. The summed E-state index contributed by atoms with van der Waals surface area (Å²) >= 11 is 0. The Morgan fingerprint density at radius 2 is 1.72 bits per heavy atom. The molecular formula is C20H22N2O3. The highest BCUT2D eigenvalue weighted by Crippen LogP contribution is 2.28. The van der Waals surface area contributed by atoms with Crippen molar-refractivity contribution in [3.8, 4) is 0 Å². The van der Waals surface area contributed by atoms with Gasteiger partial charge in [0, 0.05) is 12.1 Å². The minimum atomic E-state index is -0.241. The van der Waals surface area contributed by atoms with Crippen LogP contribution >= 0.6 is 0 Å². The number of nitrogens with zero attached hydrogens (tertiary/aromatic N) is 1. The molecule has 0 radical (unpaired) electrons. The third kappa shape index (κ3) is 4.06. The van der Waals surface area contributed by atoms with Crippen molar-refractivity contribution in [2.24, 2.45) is 0 Å². The van der Waals surface area contributed by atoms with Gasteiger partial charge in [0.15, 0.2) is 0 Å². The molecule has 3 rings (SSSR count). The second kappa shape index (κ2) is 7.94. The van der Waals surface area contributed by atoms with Crippen molar-refractivity contribution in [3.63, 3.8) is 0 Å². The van der Waals surface area contributed by atoms with Gasteiger partial charge < -0.3 is 15.0 Å². The second-order valence-corrected chi connectivity index (χ2v) is 6.08. The van der Waals surface area contributed by atoms with E-state index in [0.29, 0.717) is 18.7 Å². The number of hydrogen-bond donors (Lipinski definition) is 1. The van der Waals surface area contributed by atoms with Gasteiger partial charge in [-0.05, 0) is 24.6 Å². The van der Waals surface area contributed by atoms with Gasteiger partial charge in [0.1, 0.15) is 6.10 Å². The Labute approximate surface area is 147 Å². The standard InChI is InChI=1S/C20H22N2O3/c1-15-19(16-8-4-2-5-9-16)25-13-12-22(15)18(23)14-21-20(24)17-10-6-3-7-11-17/h2-11,15,19H,12-14H2,1H3,(H,21,24). The molecule has 1 saturated heterocycles. The van der Waals surface area contributed by atoms with Crippen molar-refractivity contribution >= 4 is 11.8 Å². The van der Waals surface area contributed by atoms with E-state index in [2.05, 4.69) is 5.32 Å². The third-order valence-corrected chi connectivity index (χ3v) is 4.44. The average molecular weight is 338 g/mol. The first-order valence-electron chi connectivity index (χ1n) is 8.46. The van der Waals surface area contributed by atoms with E-state index in [4.69, 9.17) is 4.74 Å². The molecule has 1 fully saturated rings. The minimum Gasteiger partial charge on any atom is -0.370 e. The fourth-order valence-corrected chi connectivity index (χ4v) is 3.10. The maximum atomic E-state index is 12.6. The van der Waals surface area contributed by atoms with Crippen LogP contribution in [-0.4, -0.2) is 42.5 Å². The summed E-state index contributed by atoms with van der Waals surface area (Å²) < 4.78 is 5.87.